The molecule has 0 aromatic heterocycles. The van der Waals surface area contributed by atoms with Gasteiger partial charge in [0, 0.05) is 18.7 Å². The molecule has 0 aliphatic carbocycles. The monoisotopic (exact) mass is 422 g/mol. The fourth-order valence-electron chi connectivity index (χ4n) is 3.08. The van der Waals surface area contributed by atoms with Gasteiger partial charge in [-0.25, -0.2) is 5.43 Å². The van der Waals surface area contributed by atoms with Crippen LogP contribution in [0.25, 0.3) is 0 Å². The Bertz CT molecular complexity index is 949. The molecule has 1 fully saturated rings. The number of hydrazone groups is 1. The van der Waals surface area contributed by atoms with E-state index in [0.717, 1.165) is 24.2 Å². The summed E-state index contributed by atoms with van der Waals surface area (Å²) in [4.78, 5) is 14.0. The van der Waals surface area contributed by atoms with Crippen molar-refractivity contribution >= 4 is 12.1 Å². The molecular formula is C23H26N4O4. The van der Waals surface area contributed by atoms with Gasteiger partial charge in [-0.05, 0) is 36.8 Å². The van der Waals surface area contributed by atoms with Crippen molar-refractivity contribution in [2.75, 3.05) is 39.5 Å². The maximum atomic E-state index is 12.0. The number of nitrogens with one attached hydrogen (secondary N) is 1. The summed E-state index contributed by atoms with van der Waals surface area (Å²) in [5.74, 6) is 0.975. The smallest absolute Gasteiger partial charge is 0.254 e. The van der Waals surface area contributed by atoms with Crippen molar-refractivity contribution in [3.8, 4) is 17.6 Å². The van der Waals surface area contributed by atoms with Crippen LogP contribution in [0, 0.1) is 11.3 Å². The average molecular weight is 422 g/mol. The lowest BCUT2D eigenvalue weighted by molar-refractivity contribution is -0.123. The Kier molecular flexibility index (Phi) is 8.40. The van der Waals surface area contributed by atoms with Gasteiger partial charge in [0.2, 0.25) is 0 Å². The Labute approximate surface area is 182 Å². The highest BCUT2D eigenvalue weighted by molar-refractivity contribution is 5.83. The minimum atomic E-state index is -0.167. The average Bonchev–Trinajstić information content (AvgIpc) is 2.79. The van der Waals surface area contributed by atoms with Gasteiger partial charge < -0.3 is 14.2 Å². The number of hydrogen-bond acceptors (Lipinski definition) is 7. The van der Waals surface area contributed by atoms with E-state index in [0.29, 0.717) is 43.4 Å². The second-order valence-electron chi connectivity index (χ2n) is 6.88. The Hall–Kier alpha value is -3.41. The van der Waals surface area contributed by atoms with Gasteiger partial charge >= 0.3 is 0 Å². The van der Waals surface area contributed by atoms with E-state index in [1.807, 2.05) is 36.1 Å². The van der Waals surface area contributed by atoms with Crippen LogP contribution >= 0.6 is 0 Å². The summed E-state index contributed by atoms with van der Waals surface area (Å²) < 4.78 is 16.9. The molecule has 8 heteroatoms. The van der Waals surface area contributed by atoms with Crippen molar-refractivity contribution in [3.05, 3.63) is 59.2 Å². The normalized spacial score (nSPS) is 14.2. The van der Waals surface area contributed by atoms with Gasteiger partial charge in [-0.15, -0.1) is 0 Å². The molecule has 0 spiro atoms. The lowest BCUT2D eigenvalue weighted by Gasteiger charge is -2.25. The highest BCUT2D eigenvalue weighted by Crippen LogP contribution is 2.29. The number of rotatable bonds is 9. The number of morpholine rings is 1. The molecule has 3 rings (SSSR count). The lowest BCUT2D eigenvalue weighted by Crippen LogP contribution is -2.42. The topological polar surface area (TPSA) is 96.2 Å². The first-order valence-corrected chi connectivity index (χ1v) is 10.2. The minimum absolute atomic E-state index is 0.167. The van der Waals surface area contributed by atoms with Gasteiger partial charge in [0.1, 0.15) is 6.61 Å². The number of carbonyl (C=O) groups excluding carboxylic acids is 1. The first-order chi connectivity index (χ1) is 15.2. The molecule has 1 saturated heterocycles. The number of ether oxygens (including phenoxy) is 3. The summed E-state index contributed by atoms with van der Waals surface area (Å²) in [6.07, 6.45) is 1.56. The summed E-state index contributed by atoms with van der Waals surface area (Å²) in [7, 11) is 0. The summed E-state index contributed by atoms with van der Waals surface area (Å²) >= 11 is 0. The van der Waals surface area contributed by atoms with Crippen LogP contribution in [-0.4, -0.2) is 56.5 Å². The largest absolute Gasteiger partial charge is 0.490 e. The molecule has 162 valence electrons. The molecule has 1 amide bonds. The van der Waals surface area contributed by atoms with Crippen molar-refractivity contribution in [3.63, 3.8) is 0 Å². The summed E-state index contributed by atoms with van der Waals surface area (Å²) in [6, 6.07) is 14.9. The number of benzene rings is 2. The van der Waals surface area contributed by atoms with Crippen LogP contribution < -0.4 is 14.9 Å². The quantitative estimate of drug-likeness (QED) is 0.492. The molecule has 1 aliphatic rings. The first kappa shape index (κ1) is 22.3. The van der Waals surface area contributed by atoms with Gasteiger partial charge in [0.05, 0.1) is 44.2 Å². The molecule has 1 heterocycles. The van der Waals surface area contributed by atoms with Gasteiger partial charge in [0.15, 0.2) is 11.5 Å². The zero-order valence-electron chi connectivity index (χ0n) is 17.5. The molecule has 0 saturated carbocycles. The van der Waals surface area contributed by atoms with Crippen molar-refractivity contribution in [2.45, 2.75) is 13.5 Å². The zero-order chi connectivity index (χ0) is 21.9. The highest BCUT2D eigenvalue weighted by atomic mass is 16.5. The number of carbonyl (C=O) groups is 1. The Morgan fingerprint density at radius 1 is 1.23 bits per heavy atom. The number of amides is 1. The van der Waals surface area contributed by atoms with Crippen molar-refractivity contribution in [1.29, 1.82) is 5.26 Å². The predicted octanol–water partition coefficient (Wildman–Crippen LogP) is 2.32. The molecule has 31 heavy (non-hydrogen) atoms. The third-order valence-corrected chi connectivity index (χ3v) is 4.66. The van der Waals surface area contributed by atoms with E-state index in [1.165, 1.54) is 0 Å². The van der Waals surface area contributed by atoms with Gasteiger partial charge in [-0.3, -0.25) is 9.69 Å². The second kappa shape index (κ2) is 11.7. The first-order valence-electron chi connectivity index (χ1n) is 10.2. The summed E-state index contributed by atoms with van der Waals surface area (Å²) in [5, 5.41) is 13.3. The summed E-state index contributed by atoms with van der Waals surface area (Å²) in [5.41, 5.74) is 4.70. The maximum absolute atomic E-state index is 12.0. The zero-order valence-corrected chi connectivity index (χ0v) is 17.5. The standard InChI is InChI=1S/C23H26N4O4/c1-2-30-22-13-18(15-25-26-23(28)16-27-9-11-29-12-10-27)7-8-21(22)31-17-20-6-4-3-5-19(20)14-24/h3-8,13,15H,2,9-12,16-17H2,1H3,(H,26,28). The van der Waals surface area contributed by atoms with Crippen LogP contribution in [0.2, 0.25) is 0 Å². The van der Waals surface area contributed by atoms with Crippen LogP contribution in [-0.2, 0) is 16.1 Å². The van der Waals surface area contributed by atoms with E-state index in [2.05, 4.69) is 16.6 Å². The lowest BCUT2D eigenvalue weighted by atomic mass is 10.1. The van der Waals surface area contributed by atoms with Crippen LogP contribution in [0.3, 0.4) is 0 Å². The molecule has 8 nitrogen and oxygen atoms in total. The Balaban J connectivity index is 1.59. The maximum Gasteiger partial charge on any atom is 0.254 e. The Morgan fingerprint density at radius 3 is 2.81 bits per heavy atom. The fraction of sp³-hybridized carbons (Fsp3) is 0.348. The molecular weight excluding hydrogens is 396 g/mol. The number of hydrogen-bond donors (Lipinski definition) is 1. The Morgan fingerprint density at radius 2 is 2.03 bits per heavy atom. The van der Waals surface area contributed by atoms with Crippen LogP contribution in [0.5, 0.6) is 11.5 Å². The van der Waals surface area contributed by atoms with E-state index in [-0.39, 0.29) is 12.5 Å². The predicted molar refractivity (Wildman–Crippen MR) is 116 cm³/mol. The van der Waals surface area contributed by atoms with Crippen molar-refractivity contribution < 1.29 is 19.0 Å². The van der Waals surface area contributed by atoms with Gasteiger partial charge in [-0.2, -0.15) is 10.4 Å². The molecule has 1 aliphatic heterocycles. The fourth-order valence-corrected chi connectivity index (χ4v) is 3.08. The molecule has 1 N–H and O–H groups in total. The van der Waals surface area contributed by atoms with Gasteiger partial charge in [0.25, 0.3) is 5.91 Å². The van der Waals surface area contributed by atoms with E-state index in [4.69, 9.17) is 14.2 Å². The van der Waals surface area contributed by atoms with Crippen LogP contribution in [0.15, 0.2) is 47.6 Å². The number of nitrogens with zero attached hydrogens (tertiary/aromatic N) is 3. The van der Waals surface area contributed by atoms with E-state index < -0.39 is 0 Å². The molecule has 0 atom stereocenters. The van der Waals surface area contributed by atoms with E-state index >= 15 is 0 Å². The third-order valence-electron chi connectivity index (χ3n) is 4.66. The molecule has 2 aromatic carbocycles. The minimum Gasteiger partial charge on any atom is -0.490 e. The molecule has 0 bridgehead atoms. The summed E-state index contributed by atoms with van der Waals surface area (Å²) in [6.45, 7) is 5.70. The van der Waals surface area contributed by atoms with E-state index in [1.54, 1.807) is 24.4 Å². The number of nitriles is 1. The SMILES string of the molecule is CCOc1cc(C=NNC(=O)CN2CCOCC2)ccc1OCc1ccccc1C#N. The van der Waals surface area contributed by atoms with Gasteiger partial charge in [-0.1, -0.05) is 18.2 Å². The van der Waals surface area contributed by atoms with Crippen molar-refractivity contribution in [2.24, 2.45) is 5.10 Å². The van der Waals surface area contributed by atoms with Crippen LogP contribution in [0.1, 0.15) is 23.6 Å². The molecule has 0 unspecified atom stereocenters. The second-order valence-corrected chi connectivity index (χ2v) is 6.88. The molecule has 0 radical (unpaired) electrons. The highest BCUT2D eigenvalue weighted by Gasteiger charge is 2.13. The third kappa shape index (κ3) is 6.81. The van der Waals surface area contributed by atoms with Crippen LogP contribution in [0.4, 0.5) is 0 Å². The van der Waals surface area contributed by atoms with E-state index in [9.17, 15) is 10.1 Å². The molecule has 2 aromatic rings. The van der Waals surface area contributed by atoms with Crippen molar-refractivity contribution in [1.82, 2.24) is 10.3 Å².